The lowest BCUT2D eigenvalue weighted by molar-refractivity contribution is -0.137. The summed E-state index contributed by atoms with van der Waals surface area (Å²) in [5, 5.41) is 0. The highest BCUT2D eigenvalue weighted by atomic mass is 19.4. The second-order valence-electron chi connectivity index (χ2n) is 7.04. The standard InChI is InChI=1S/C17H16F3N5O3/c18-17(19,20)11-1-2-13(21-4-11)24-5-9-7-25(8-10(9)6-24)15(27)12-3-14(26)23-16(28)22-12/h1-4,9-10H,5-8H2,(H2,22,23,26,28). The highest BCUT2D eigenvalue weighted by Gasteiger charge is 2.42. The Morgan fingerprint density at radius 1 is 1.07 bits per heavy atom. The summed E-state index contributed by atoms with van der Waals surface area (Å²) in [5.74, 6) is 0.333. The Morgan fingerprint density at radius 3 is 2.29 bits per heavy atom. The van der Waals surface area contributed by atoms with Gasteiger partial charge in [-0.1, -0.05) is 0 Å². The van der Waals surface area contributed by atoms with Gasteiger partial charge in [-0.15, -0.1) is 0 Å². The van der Waals surface area contributed by atoms with E-state index in [0.717, 1.165) is 18.3 Å². The second kappa shape index (κ2) is 6.50. The van der Waals surface area contributed by atoms with E-state index in [9.17, 15) is 27.6 Å². The number of aromatic nitrogens is 3. The van der Waals surface area contributed by atoms with Crippen LogP contribution >= 0.6 is 0 Å². The lowest BCUT2D eigenvalue weighted by atomic mass is 10.0. The molecule has 8 nitrogen and oxygen atoms in total. The molecule has 2 atom stereocenters. The van der Waals surface area contributed by atoms with Crippen molar-refractivity contribution in [1.82, 2.24) is 19.9 Å². The van der Waals surface area contributed by atoms with E-state index in [0.29, 0.717) is 32.0 Å². The van der Waals surface area contributed by atoms with E-state index >= 15 is 0 Å². The van der Waals surface area contributed by atoms with Crippen LogP contribution in [0.2, 0.25) is 0 Å². The highest BCUT2D eigenvalue weighted by molar-refractivity contribution is 5.92. The summed E-state index contributed by atoms with van der Waals surface area (Å²) in [4.78, 5) is 47.0. The molecule has 28 heavy (non-hydrogen) atoms. The summed E-state index contributed by atoms with van der Waals surface area (Å²) in [5.41, 5.74) is -2.24. The fourth-order valence-corrected chi connectivity index (χ4v) is 3.84. The van der Waals surface area contributed by atoms with E-state index < -0.39 is 28.9 Å². The Labute approximate surface area is 156 Å². The first-order chi connectivity index (χ1) is 13.2. The van der Waals surface area contributed by atoms with Crippen molar-refractivity contribution >= 4 is 11.7 Å². The van der Waals surface area contributed by atoms with Gasteiger partial charge in [-0.05, 0) is 12.1 Å². The van der Waals surface area contributed by atoms with Gasteiger partial charge in [0.2, 0.25) is 0 Å². The van der Waals surface area contributed by atoms with Gasteiger partial charge in [0, 0.05) is 50.3 Å². The quantitative estimate of drug-likeness (QED) is 0.779. The van der Waals surface area contributed by atoms with Gasteiger partial charge in [-0.25, -0.2) is 9.78 Å². The number of likely N-dealkylation sites (tertiary alicyclic amines) is 1. The van der Waals surface area contributed by atoms with Crippen LogP contribution < -0.4 is 16.1 Å². The smallest absolute Gasteiger partial charge is 0.356 e. The molecule has 11 heteroatoms. The van der Waals surface area contributed by atoms with E-state index in [4.69, 9.17) is 0 Å². The summed E-state index contributed by atoms with van der Waals surface area (Å²) in [6, 6.07) is 3.42. The SMILES string of the molecule is O=C(c1cc(=O)[nH]c(=O)[nH]1)N1CC2CN(c3ccc(C(F)(F)F)cn3)CC2C1. The van der Waals surface area contributed by atoms with Gasteiger partial charge in [0.15, 0.2) is 0 Å². The van der Waals surface area contributed by atoms with Gasteiger partial charge in [-0.2, -0.15) is 13.2 Å². The highest BCUT2D eigenvalue weighted by Crippen LogP contribution is 2.35. The fraction of sp³-hybridized carbons (Fsp3) is 0.412. The van der Waals surface area contributed by atoms with Crippen LogP contribution in [0.25, 0.3) is 0 Å². The van der Waals surface area contributed by atoms with E-state index in [2.05, 4.69) is 9.97 Å². The fourth-order valence-electron chi connectivity index (χ4n) is 3.84. The number of hydrogen-bond acceptors (Lipinski definition) is 5. The zero-order valence-corrected chi connectivity index (χ0v) is 14.5. The minimum atomic E-state index is -4.42. The third kappa shape index (κ3) is 3.39. The van der Waals surface area contributed by atoms with Gasteiger partial charge < -0.3 is 14.8 Å². The predicted molar refractivity (Wildman–Crippen MR) is 92.0 cm³/mol. The first-order valence-corrected chi connectivity index (χ1v) is 8.62. The van der Waals surface area contributed by atoms with Crippen LogP contribution in [-0.4, -0.2) is 51.9 Å². The Kier molecular flexibility index (Phi) is 4.24. The molecule has 2 aromatic rings. The number of aromatic amines is 2. The minimum absolute atomic E-state index is 0.0602. The van der Waals surface area contributed by atoms with Crippen molar-refractivity contribution in [3.63, 3.8) is 0 Å². The Bertz CT molecular complexity index is 972. The molecule has 2 aliphatic heterocycles. The van der Waals surface area contributed by atoms with Crippen molar-refractivity contribution < 1.29 is 18.0 Å². The van der Waals surface area contributed by atoms with Crippen molar-refractivity contribution in [3.05, 3.63) is 56.5 Å². The molecule has 1 amide bonds. The molecule has 4 rings (SSSR count). The Hall–Kier alpha value is -3.11. The molecule has 0 bridgehead atoms. The molecule has 0 aromatic carbocycles. The van der Waals surface area contributed by atoms with Crippen LogP contribution in [0.3, 0.4) is 0 Å². The number of halogens is 3. The number of nitrogens with one attached hydrogen (secondary N) is 2. The van der Waals surface area contributed by atoms with Crippen LogP contribution in [0.4, 0.5) is 19.0 Å². The zero-order valence-electron chi connectivity index (χ0n) is 14.5. The number of fused-ring (bicyclic) bond motifs is 1. The molecule has 2 fully saturated rings. The van der Waals surface area contributed by atoms with Crippen molar-refractivity contribution in [2.45, 2.75) is 6.18 Å². The van der Waals surface area contributed by atoms with E-state index in [1.54, 1.807) is 4.90 Å². The van der Waals surface area contributed by atoms with E-state index in [1.165, 1.54) is 6.07 Å². The number of amides is 1. The number of carbonyl (C=O) groups excluding carboxylic acids is 1. The Balaban J connectivity index is 1.42. The minimum Gasteiger partial charge on any atom is -0.356 e. The summed E-state index contributed by atoms with van der Waals surface area (Å²) in [7, 11) is 0. The molecule has 148 valence electrons. The lowest BCUT2D eigenvalue weighted by Gasteiger charge is -2.22. The van der Waals surface area contributed by atoms with Crippen molar-refractivity contribution in [3.8, 4) is 0 Å². The summed E-state index contributed by atoms with van der Waals surface area (Å²) in [6.45, 7) is 2.02. The number of anilines is 1. The van der Waals surface area contributed by atoms with Crippen LogP contribution in [0.1, 0.15) is 16.1 Å². The normalized spacial score (nSPS) is 21.8. The number of pyridine rings is 1. The number of alkyl halides is 3. The van der Waals surface area contributed by atoms with Crippen molar-refractivity contribution in [1.29, 1.82) is 0 Å². The maximum absolute atomic E-state index is 12.7. The van der Waals surface area contributed by atoms with Crippen molar-refractivity contribution in [2.75, 3.05) is 31.1 Å². The average molecular weight is 395 g/mol. The number of H-pyrrole nitrogens is 2. The van der Waals surface area contributed by atoms with Crippen molar-refractivity contribution in [2.24, 2.45) is 11.8 Å². The van der Waals surface area contributed by atoms with Gasteiger partial charge >= 0.3 is 11.9 Å². The second-order valence-corrected chi connectivity index (χ2v) is 7.04. The largest absolute Gasteiger partial charge is 0.417 e. The van der Waals surface area contributed by atoms with Gasteiger partial charge in [0.25, 0.3) is 11.5 Å². The average Bonchev–Trinajstić information content (AvgIpc) is 3.18. The first kappa shape index (κ1) is 18.3. The molecule has 2 saturated heterocycles. The molecule has 0 saturated carbocycles. The molecule has 0 radical (unpaired) electrons. The molecule has 0 aliphatic carbocycles. The molecule has 0 spiro atoms. The monoisotopic (exact) mass is 395 g/mol. The van der Waals surface area contributed by atoms with Crippen LogP contribution in [0.15, 0.2) is 34.0 Å². The van der Waals surface area contributed by atoms with Gasteiger partial charge in [-0.3, -0.25) is 14.6 Å². The first-order valence-electron chi connectivity index (χ1n) is 8.62. The van der Waals surface area contributed by atoms with Crippen LogP contribution in [0, 0.1) is 11.8 Å². The number of rotatable bonds is 2. The third-order valence-electron chi connectivity index (χ3n) is 5.16. The maximum Gasteiger partial charge on any atom is 0.417 e. The van der Waals surface area contributed by atoms with Gasteiger partial charge in [0.05, 0.1) is 5.56 Å². The third-order valence-corrected chi connectivity index (χ3v) is 5.16. The topological polar surface area (TPSA) is 102 Å². The molecule has 2 aliphatic rings. The van der Waals surface area contributed by atoms with E-state index in [-0.39, 0.29) is 17.5 Å². The predicted octanol–water partition coefficient (Wildman–Crippen LogP) is 0.685. The summed E-state index contributed by atoms with van der Waals surface area (Å²) >= 11 is 0. The van der Waals surface area contributed by atoms with Gasteiger partial charge in [0.1, 0.15) is 11.5 Å². The molecular formula is C17H16F3N5O3. The number of carbonyl (C=O) groups is 1. The maximum atomic E-state index is 12.7. The number of nitrogens with zero attached hydrogens (tertiary/aromatic N) is 3. The zero-order chi connectivity index (χ0) is 20.1. The molecule has 2 unspecified atom stereocenters. The molecular weight excluding hydrogens is 379 g/mol. The summed E-state index contributed by atoms with van der Waals surface area (Å²) < 4.78 is 38.0. The van der Waals surface area contributed by atoms with E-state index in [1.807, 2.05) is 9.88 Å². The lowest BCUT2D eigenvalue weighted by Crippen LogP contribution is -2.36. The molecule has 4 heterocycles. The Morgan fingerprint density at radius 2 is 1.75 bits per heavy atom. The molecule has 2 N–H and O–H groups in total. The number of hydrogen-bond donors (Lipinski definition) is 2. The van der Waals surface area contributed by atoms with Crippen LogP contribution in [0.5, 0.6) is 0 Å². The molecule has 2 aromatic heterocycles. The summed E-state index contributed by atoms with van der Waals surface area (Å²) in [6.07, 6.45) is -3.60. The van der Waals surface area contributed by atoms with Crippen LogP contribution in [-0.2, 0) is 6.18 Å².